The van der Waals surface area contributed by atoms with Gasteiger partial charge in [0.15, 0.2) is 0 Å². The van der Waals surface area contributed by atoms with Crippen molar-refractivity contribution >= 4 is 17.7 Å². The predicted octanol–water partition coefficient (Wildman–Crippen LogP) is 4.78. The van der Waals surface area contributed by atoms with Crippen LogP contribution >= 0.6 is 11.6 Å². The number of rotatable bonds is 3. The minimum atomic E-state index is -0.154. The summed E-state index contributed by atoms with van der Waals surface area (Å²) in [4.78, 5) is 12.9. The van der Waals surface area contributed by atoms with Gasteiger partial charge in [0.1, 0.15) is 5.56 Å². The second-order valence-electron chi connectivity index (χ2n) is 6.47. The Kier molecular flexibility index (Phi) is 4.21. The van der Waals surface area contributed by atoms with Crippen molar-refractivity contribution in [1.82, 2.24) is 9.36 Å². The normalized spacial score (nSPS) is 13.4. The molecule has 1 N–H and O–H groups in total. The zero-order chi connectivity index (χ0) is 18.3. The average molecular weight is 367 g/mol. The van der Waals surface area contributed by atoms with Crippen molar-refractivity contribution in [2.75, 3.05) is 0 Å². The minimum Gasteiger partial charge on any atom is -0.493 e. The fraction of sp³-hybridized carbons (Fsp3) is 0.190. The molecule has 0 saturated heterocycles. The van der Waals surface area contributed by atoms with Gasteiger partial charge in [0.2, 0.25) is 5.88 Å². The first kappa shape index (κ1) is 16.7. The predicted molar refractivity (Wildman–Crippen MR) is 106 cm³/mol. The molecular formula is C21H19ClN2O2. The molecule has 1 aliphatic heterocycles. The molecule has 2 aromatic carbocycles. The van der Waals surface area contributed by atoms with Crippen LogP contribution in [0.5, 0.6) is 5.88 Å². The van der Waals surface area contributed by atoms with Crippen LogP contribution in [0, 0.1) is 0 Å². The molecule has 26 heavy (non-hydrogen) atoms. The van der Waals surface area contributed by atoms with Gasteiger partial charge >= 0.3 is 0 Å². The van der Waals surface area contributed by atoms with E-state index in [9.17, 15) is 9.90 Å². The van der Waals surface area contributed by atoms with Gasteiger partial charge in [-0.05, 0) is 47.7 Å². The smallest absolute Gasteiger partial charge is 0.278 e. The third kappa shape index (κ3) is 2.67. The van der Waals surface area contributed by atoms with E-state index < -0.39 is 0 Å². The Balaban J connectivity index is 1.93. The van der Waals surface area contributed by atoms with E-state index in [0.717, 1.165) is 29.5 Å². The van der Waals surface area contributed by atoms with E-state index in [-0.39, 0.29) is 11.4 Å². The summed E-state index contributed by atoms with van der Waals surface area (Å²) in [6, 6.07) is 13.4. The number of nitrogens with zero attached hydrogens (tertiary/aromatic N) is 2. The number of hydrogen-bond donors (Lipinski definition) is 1. The highest BCUT2D eigenvalue weighted by Gasteiger charge is 2.24. The van der Waals surface area contributed by atoms with E-state index in [4.69, 9.17) is 11.6 Å². The molecule has 0 radical (unpaired) electrons. The Labute approximate surface area is 156 Å². The molecule has 0 spiro atoms. The molecule has 4 rings (SSSR count). The van der Waals surface area contributed by atoms with Gasteiger partial charge in [0, 0.05) is 23.7 Å². The largest absolute Gasteiger partial charge is 0.493 e. The third-order valence-corrected chi connectivity index (χ3v) is 5.17. The maximum atomic E-state index is 12.9. The van der Waals surface area contributed by atoms with Gasteiger partial charge in [0.25, 0.3) is 5.56 Å². The van der Waals surface area contributed by atoms with E-state index >= 15 is 0 Å². The van der Waals surface area contributed by atoms with Gasteiger partial charge in [-0.25, -0.2) is 4.68 Å². The van der Waals surface area contributed by atoms with Gasteiger partial charge in [-0.1, -0.05) is 48.5 Å². The quantitative estimate of drug-likeness (QED) is 0.725. The number of fused-ring (bicyclic) bond motifs is 1. The van der Waals surface area contributed by atoms with Crippen molar-refractivity contribution in [3.63, 3.8) is 0 Å². The van der Waals surface area contributed by atoms with Crippen LogP contribution in [-0.2, 0) is 13.1 Å². The van der Waals surface area contributed by atoms with Crippen molar-refractivity contribution in [3.05, 3.63) is 70.0 Å². The van der Waals surface area contributed by atoms with E-state index in [1.165, 1.54) is 0 Å². The van der Waals surface area contributed by atoms with Crippen LogP contribution < -0.4 is 5.56 Å². The van der Waals surface area contributed by atoms with Crippen molar-refractivity contribution in [3.8, 4) is 28.1 Å². The van der Waals surface area contributed by atoms with Crippen molar-refractivity contribution in [1.29, 1.82) is 0 Å². The van der Waals surface area contributed by atoms with Gasteiger partial charge in [0.05, 0.1) is 0 Å². The molecular weight excluding hydrogens is 348 g/mol. The first-order valence-corrected chi connectivity index (χ1v) is 9.03. The molecule has 1 aromatic heterocycles. The Morgan fingerprint density at radius 1 is 1.00 bits per heavy atom. The maximum absolute atomic E-state index is 12.9. The maximum Gasteiger partial charge on any atom is 0.278 e. The molecule has 0 fully saturated rings. The monoisotopic (exact) mass is 366 g/mol. The van der Waals surface area contributed by atoms with E-state index in [0.29, 0.717) is 29.2 Å². The molecule has 0 unspecified atom stereocenters. The summed E-state index contributed by atoms with van der Waals surface area (Å²) < 4.78 is 3.32. The van der Waals surface area contributed by atoms with Crippen LogP contribution in [0.2, 0.25) is 5.02 Å². The fourth-order valence-electron chi connectivity index (χ4n) is 3.56. The summed E-state index contributed by atoms with van der Waals surface area (Å²) >= 11 is 5.98. The average Bonchev–Trinajstić information content (AvgIpc) is 2.93. The molecule has 5 heteroatoms. The minimum absolute atomic E-state index is 0.0334. The number of halogens is 1. The van der Waals surface area contributed by atoms with Crippen LogP contribution in [0.4, 0.5) is 0 Å². The molecule has 0 saturated carbocycles. The highest BCUT2D eigenvalue weighted by atomic mass is 35.5. The van der Waals surface area contributed by atoms with E-state index in [1.807, 2.05) is 42.5 Å². The van der Waals surface area contributed by atoms with Gasteiger partial charge < -0.3 is 5.11 Å². The molecule has 2 heterocycles. The molecule has 3 aromatic rings. The lowest BCUT2D eigenvalue weighted by Crippen LogP contribution is -2.27. The van der Waals surface area contributed by atoms with Crippen LogP contribution in [0.15, 0.2) is 53.8 Å². The number of aromatic nitrogens is 2. The summed E-state index contributed by atoms with van der Waals surface area (Å²) in [5, 5.41) is 11.4. The van der Waals surface area contributed by atoms with Crippen LogP contribution in [-0.4, -0.2) is 14.5 Å². The summed E-state index contributed by atoms with van der Waals surface area (Å²) in [6.07, 6.45) is 3.61. The Morgan fingerprint density at radius 3 is 2.31 bits per heavy atom. The van der Waals surface area contributed by atoms with Crippen LogP contribution in [0.1, 0.15) is 18.4 Å². The number of hydrogen-bond acceptors (Lipinski definition) is 2. The fourth-order valence-corrected chi connectivity index (χ4v) is 3.68. The molecule has 0 atom stereocenters. The molecule has 0 aliphatic carbocycles. The van der Waals surface area contributed by atoms with Crippen molar-refractivity contribution < 1.29 is 5.11 Å². The lowest BCUT2D eigenvalue weighted by molar-refractivity contribution is 0.305. The number of aromatic hydroxyl groups is 1. The van der Waals surface area contributed by atoms with Gasteiger partial charge in [-0.3, -0.25) is 9.48 Å². The zero-order valence-electron chi connectivity index (χ0n) is 14.3. The van der Waals surface area contributed by atoms with Crippen molar-refractivity contribution in [2.24, 2.45) is 0 Å². The molecule has 0 bridgehead atoms. The Morgan fingerprint density at radius 2 is 1.65 bits per heavy atom. The van der Waals surface area contributed by atoms with Gasteiger partial charge in [-0.15, -0.1) is 0 Å². The zero-order valence-corrected chi connectivity index (χ0v) is 15.0. The van der Waals surface area contributed by atoms with Crippen LogP contribution in [0.3, 0.4) is 0 Å². The lowest BCUT2D eigenvalue weighted by Gasteiger charge is -2.16. The molecule has 4 nitrogen and oxygen atoms in total. The number of benzene rings is 2. The summed E-state index contributed by atoms with van der Waals surface area (Å²) in [7, 11) is 0. The van der Waals surface area contributed by atoms with Crippen molar-refractivity contribution in [2.45, 2.75) is 25.9 Å². The summed E-state index contributed by atoms with van der Waals surface area (Å²) in [6.45, 7) is 5.14. The van der Waals surface area contributed by atoms with E-state index in [1.54, 1.807) is 15.4 Å². The molecule has 0 amide bonds. The second kappa shape index (κ2) is 6.54. The standard InChI is InChI=1S/C21H19ClN2O2/c1-2-14-5-6-16(15-7-9-17(22)10-8-15)13-18(14)19-20(25)23-11-3-4-12-24(23)21(19)26/h2,5-10,13,25H,1,3-4,11-12H2. The Hall–Kier alpha value is -2.72. The lowest BCUT2D eigenvalue weighted by atomic mass is 9.95. The third-order valence-electron chi connectivity index (χ3n) is 4.92. The first-order chi connectivity index (χ1) is 12.6. The molecule has 1 aliphatic rings. The first-order valence-electron chi connectivity index (χ1n) is 8.65. The van der Waals surface area contributed by atoms with Crippen LogP contribution in [0.25, 0.3) is 28.3 Å². The Bertz CT molecular complexity index is 1050. The highest BCUT2D eigenvalue weighted by molar-refractivity contribution is 6.30. The summed E-state index contributed by atoms with van der Waals surface area (Å²) in [5.41, 5.74) is 3.66. The van der Waals surface area contributed by atoms with Gasteiger partial charge in [-0.2, -0.15) is 0 Å². The summed E-state index contributed by atoms with van der Waals surface area (Å²) in [5.74, 6) is 0.0334. The second-order valence-corrected chi connectivity index (χ2v) is 6.91. The SMILES string of the molecule is C=Cc1ccc(-c2ccc(Cl)cc2)cc1-c1c(O)n2n(c1=O)CCCC2. The molecule has 132 valence electrons. The highest BCUT2D eigenvalue weighted by Crippen LogP contribution is 2.34. The van der Waals surface area contributed by atoms with E-state index in [2.05, 4.69) is 6.58 Å². The topological polar surface area (TPSA) is 47.2 Å².